The highest BCUT2D eigenvalue weighted by molar-refractivity contribution is 6.34. The highest BCUT2D eigenvalue weighted by Gasteiger charge is 2.22. The van der Waals surface area contributed by atoms with E-state index in [9.17, 15) is 4.79 Å². The minimum Gasteiger partial charge on any atom is -0.352 e. The van der Waals surface area contributed by atoms with Crippen LogP contribution in [0.2, 0.25) is 5.02 Å². The molecule has 4 aromatic rings. The van der Waals surface area contributed by atoms with Crippen molar-refractivity contribution in [1.82, 2.24) is 25.1 Å². The number of amides is 1. The Kier molecular flexibility index (Phi) is 5.33. The Morgan fingerprint density at radius 3 is 2.62 bits per heavy atom. The predicted octanol–water partition coefficient (Wildman–Crippen LogP) is 4.17. The largest absolute Gasteiger partial charge is 0.352 e. The van der Waals surface area contributed by atoms with Crippen LogP contribution in [0.1, 0.15) is 0 Å². The Bertz CT molecular complexity index is 1300. The molecule has 5 rings (SSSR count). The average Bonchev–Trinajstić information content (AvgIpc) is 3.38. The first-order valence-electron chi connectivity index (χ1n) is 10.3. The van der Waals surface area contributed by atoms with E-state index in [-0.39, 0.29) is 5.91 Å². The Hall–Kier alpha value is -3.71. The first-order chi connectivity index (χ1) is 15.6. The Balaban J connectivity index is 1.49. The Labute approximate surface area is 190 Å². The molecule has 3 heterocycles. The van der Waals surface area contributed by atoms with E-state index in [1.807, 2.05) is 36.4 Å². The van der Waals surface area contributed by atoms with Crippen LogP contribution in [0, 0.1) is 0 Å². The average molecular weight is 445 g/mol. The summed E-state index contributed by atoms with van der Waals surface area (Å²) in [6.07, 6.45) is 4.67. The van der Waals surface area contributed by atoms with E-state index in [0.29, 0.717) is 31.2 Å². The smallest absolute Gasteiger partial charge is 0.246 e. The van der Waals surface area contributed by atoms with E-state index >= 15 is 0 Å². The van der Waals surface area contributed by atoms with E-state index in [4.69, 9.17) is 11.6 Å². The van der Waals surface area contributed by atoms with Gasteiger partial charge in [-0.05, 0) is 35.9 Å². The SMILES string of the molecule is C=CC(=O)N1CCN(c2ncnc3cc(-c4cccc(-c5ccn[nH]5)c4)c(Cl)cc23)CC1. The summed E-state index contributed by atoms with van der Waals surface area (Å²) in [6, 6.07) is 14.0. The quantitative estimate of drug-likeness (QED) is 0.478. The monoisotopic (exact) mass is 444 g/mol. The van der Waals surface area contributed by atoms with Gasteiger partial charge in [0.2, 0.25) is 5.91 Å². The van der Waals surface area contributed by atoms with Crippen molar-refractivity contribution in [3.8, 4) is 22.4 Å². The molecule has 1 N–H and O–H groups in total. The fraction of sp³-hybridized carbons (Fsp3) is 0.167. The lowest BCUT2D eigenvalue weighted by Crippen LogP contribution is -2.48. The summed E-state index contributed by atoms with van der Waals surface area (Å²) in [5, 5.41) is 8.56. The third-order valence-corrected chi connectivity index (χ3v) is 6.07. The van der Waals surface area contributed by atoms with E-state index in [2.05, 4.69) is 37.7 Å². The third-order valence-electron chi connectivity index (χ3n) is 5.75. The zero-order valence-corrected chi connectivity index (χ0v) is 18.1. The molecular weight excluding hydrogens is 424 g/mol. The maximum Gasteiger partial charge on any atom is 0.246 e. The second-order valence-electron chi connectivity index (χ2n) is 7.61. The fourth-order valence-electron chi connectivity index (χ4n) is 4.07. The van der Waals surface area contributed by atoms with Crippen molar-refractivity contribution in [1.29, 1.82) is 0 Å². The van der Waals surface area contributed by atoms with Crippen LogP contribution in [0.3, 0.4) is 0 Å². The number of fused-ring (bicyclic) bond motifs is 1. The zero-order chi connectivity index (χ0) is 22.1. The number of aromatic nitrogens is 4. The topological polar surface area (TPSA) is 78.0 Å². The van der Waals surface area contributed by atoms with Crippen LogP contribution < -0.4 is 4.90 Å². The minimum absolute atomic E-state index is 0.0396. The highest BCUT2D eigenvalue weighted by Crippen LogP contribution is 2.36. The maximum atomic E-state index is 11.9. The summed E-state index contributed by atoms with van der Waals surface area (Å²) in [5.41, 5.74) is 4.71. The summed E-state index contributed by atoms with van der Waals surface area (Å²) in [4.78, 5) is 24.9. The molecule has 0 bridgehead atoms. The molecule has 1 aliphatic rings. The second-order valence-corrected chi connectivity index (χ2v) is 8.02. The molecule has 32 heavy (non-hydrogen) atoms. The van der Waals surface area contributed by atoms with Gasteiger partial charge in [-0.3, -0.25) is 9.89 Å². The number of aromatic amines is 1. The van der Waals surface area contributed by atoms with Gasteiger partial charge in [-0.1, -0.05) is 36.4 Å². The molecule has 2 aromatic carbocycles. The third kappa shape index (κ3) is 3.71. The molecule has 0 unspecified atom stereocenters. The number of nitrogens with zero attached hydrogens (tertiary/aromatic N) is 5. The van der Waals surface area contributed by atoms with Gasteiger partial charge in [0.15, 0.2) is 0 Å². The number of carbonyl (C=O) groups excluding carboxylic acids is 1. The van der Waals surface area contributed by atoms with Crippen LogP contribution in [0.25, 0.3) is 33.3 Å². The van der Waals surface area contributed by atoms with Crippen LogP contribution in [0.4, 0.5) is 5.82 Å². The molecule has 2 aromatic heterocycles. The van der Waals surface area contributed by atoms with Gasteiger partial charge in [0, 0.05) is 53.9 Å². The first-order valence-corrected chi connectivity index (χ1v) is 10.7. The standard InChI is InChI=1S/C24H21ClN6O/c1-2-23(32)30-8-10-31(11-9-30)24-19-13-20(25)18(14-22(19)26-15-27-24)16-4-3-5-17(12-16)21-6-7-28-29-21/h2-7,12-15H,1,8-11H2,(H,28,29). The lowest BCUT2D eigenvalue weighted by Gasteiger charge is -2.35. The number of piperazine rings is 1. The normalized spacial score (nSPS) is 14.0. The minimum atomic E-state index is -0.0396. The fourth-order valence-corrected chi connectivity index (χ4v) is 4.35. The van der Waals surface area contributed by atoms with Crippen LogP contribution >= 0.6 is 11.6 Å². The maximum absolute atomic E-state index is 11.9. The summed E-state index contributed by atoms with van der Waals surface area (Å²) < 4.78 is 0. The molecule has 8 heteroatoms. The van der Waals surface area contributed by atoms with Gasteiger partial charge in [0.25, 0.3) is 0 Å². The van der Waals surface area contributed by atoms with Crippen molar-refractivity contribution in [3.05, 3.63) is 72.7 Å². The van der Waals surface area contributed by atoms with Crippen molar-refractivity contribution < 1.29 is 4.79 Å². The van der Waals surface area contributed by atoms with Crippen molar-refractivity contribution in [2.75, 3.05) is 31.1 Å². The van der Waals surface area contributed by atoms with E-state index in [0.717, 1.165) is 39.1 Å². The zero-order valence-electron chi connectivity index (χ0n) is 17.3. The summed E-state index contributed by atoms with van der Waals surface area (Å²) in [5.74, 6) is 0.794. The number of rotatable bonds is 4. The van der Waals surface area contributed by atoms with Crippen LogP contribution in [-0.2, 0) is 4.79 Å². The molecule has 160 valence electrons. The molecule has 1 amide bonds. The molecule has 1 aliphatic heterocycles. The number of nitrogens with one attached hydrogen (secondary N) is 1. The number of hydrogen-bond acceptors (Lipinski definition) is 5. The van der Waals surface area contributed by atoms with Crippen molar-refractivity contribution in [2.24, 2.45) is 0 Å². The number of H-pyrrole nitrogens is 1. The molecule has 0 atom stereocenters. The van der Waals surface area contributed by atoms with Crippen LogP contribution in [0.5, 0.6) is 0 Å². The number of hydrogen-bond donors (Lipinski definition) is 1. The Morgan fingerprint density at radius 1 is 1.06 bits per heavy atom. The van der Waals surface area contributed by atoms with Gasteiger partial charge in [-0.2, -0.15) is 5.10 Å². The summed E-state index contributed by atoms with van der Waals surface area (Å²) in [7, 11) is 0. The van der Waals surface area contributed by atoms with Crippen LogP contribution in [-0.4, -0.2) is 57.2 Å². The van der Waals surface area contributed by atoms with E-state index in [1.54, 1.807) is 17.4 Å². The van der Waals surface area contributed by atoms with Crippen LogP contribution in [0.15, 0.2) is 67.6 Å². The van der Waals surface area contributed by atoms with Crippen molar-refractivity contribution in [3.63, 3.8) is 0 Å². The molecule has 0 radical (unpaired) electrons. The van der Waals surface area contributed by atoms with Gasteiger partial charge in [0.1, 0.15) is 12.1 Å². The predicted molar refractivity (Wildman–Crippen MR) is 127 cm³/mol. The van der Waals surface area contributed by atoms with E-state index < -0.39 is 0 Å². The molecule has 1 fully saturated rings. The first kappa shape index (κ1) is 20.2. The Morgan fingerprint density at radius 2 is 1.88 bits per heavy atom. The summed E-state index contributed by atoms with van der Waals surface area (Å²) in [6.45, 7) is 6.21. The molecule has 7 nitrogen and oxygen atoms in total. The number of halogens is 1. The second kappa shape index (κ2) is 8.43. The summed E-state index contributed by atoms with van der Waals surface area (Å²) >= 11 is 6.75. The number of anilines is 1. The van der Waals surface area contributed by atoms with Gasteiger partial charge in [0.05, 0.1) is 11.2 Å². The van der Waals surface area contributed by atoms with Crippen molar-refractivity contribution >= 4 is 34.2 Å². The molecular formula is C24H21ClN6O. The van der Waals surface area contributed by atoms with Gasteiger partial charge >= 0.3 is 0 Å². The molecule has 1 saturated heterocycles. The number of benzene rings is 2. The molecule has 0 spiro atoms. The molecule has 0 aliphatic carbocycles. The lowest BCUT2D eigenvalue weighted by atomic mass is 10.0. The van der Waals surface area contributed by atoms with Crippen molar-refractivity contribution in [2.45, 2.75) is 0 Å². The van der Waals surface area contributed by atoms with Gasteiger partial charge in [-0.15, -0.1) is 0 Å². The number of carbonyl (C=O) groups is 1. The molecule has 0 saturated carbocycles. The van der Waals surface area contributed by atoms with Gasteiger partial charge < -0.3 is 9.80 Å². The highest BCUT2D eigenvalue weighted by atomic mass is 35.5. The van der Waals surface area contributed by atoms with Gasteiger partial charge in [-0.25, -0.2) is 9.97 Å². The lowest BCUT2D eigenvalue weighted by molar-refractivity contribution is -0.126. The van der Waals surface area contributed by atoms with E-state index in [1.165, 1.54) is 6.08 Å².